The largest absolute Gasteiger partial charge is 0.507 e. The number of amides is 1. The number of hydrogen-bond acceptors (Lipinski definition) is 7. The Labute approximate surface area is 177 Å². The highest BCUT2D eigenvalue weighted by Crippen LogP contribution is 2.41. The van der Waals surface area contributed by atoms with E-state index in [1.54, 1.807) is 61.1 Å². The summed E-state index contributed by atoms with van der Waals surface area (Å²) in [6.07, 6.45) is 4.80. The van der Waals surface area contributed by atoms with Crippen LogP contribution in [0.15, 0.2) is 72.7 Å². The van der Waals surface area contributed by atoms with Crippen molar-refractivity contribution in [2.45, 2.75) is 12.6 Å². The molecule has 8 heteroatoms. The number of hydrogen-bond donors (Lipinski definition) is 1. The Kier molecular flexibility index (Phi) is 4.59. The second-order valence-electron chi connectivity index (χ2n) is 7.10. The number of carbonyl (C=O) groups excluding carboxylic acids is 2. The second kappa shape index (κ2) is 7.56. The Hall–Kier alpha value is -4.20. The number of ether oxygens (including phenoxy) is 2. The summed E-state index contributed by atoms with van der Waals surface area (Å²) in [4.78, 5) is 35.8. The van der Waals surface area contributed by atoms with Crippen LogP contribution in [-0.4, -0.2) is 38.5 Å². The molecule has 154 valence electrons. The number of aromatic nitrogens is 2. The van der Waals surface area contributed by atoms with Crippen LogP contribution < -0.4 is 9.47 Å². The predicted molar refractivity (Wildman–Crippen MR) is 109 cm³/mol. The molecule has 5 rings (SSSR count). The van der Waals surface area contributed by atoms with E-state index >= 15 is 0 Å². The number of aliphatic hydroxyl groups excluding tert-OH is 1. The van der Waals surface area contributed by atoms with Crippen LogP contribution in [-0.2, 0) is 16.1 Å². The quantitative estimate of drug-likeness (QED) is 0.397. The van der Waals surface area contributed by atoms with E-state index in [-0.39, 0.29) is 24.7 Å². The van der Waals surface area contributed by atoms with E-state index in [0.29, 0.717) is 28.3 Å². The van der Waals surface area contributed by atoms with Gasteiger partial charge in [0.15, 0.2) is 11.5 Å². The van der Waals surface area contributed by atoms with E-state index in [1.807, 2.05) is 6.07 Å². The smallest absolute Gasteiger partial charge is 0.296 e. The van der Waals surface area contributed by atoms with Gasteiger partial charge in [0.2, 0.25) is 6.79 Å². The SMILES string of the molecule is O=C1C(=O)N(Cc2ccccn2)C(c2cccnc2)/C1=C(/O)c1ccc2c(c1)OCO2. The first-order valence-electron chi connectivity index (χ1n) is 9.62. The highest BCUT2D eigenvalue weighted by Gasteiger charge is 2.46. The Morgan fingerprint density at radius 2 is 1.94 bits per heavy atom. The molecule has 1 atom stereocenters. The Morgan fingerprint density at radius 3 is 2.71 bits per heavy atom. The second-order valence-corrected chi connectivity index (χ2v) is 7.10. The number of aliphatic hydroxyl groups is 1. The molecular formula is C23H17N3O5. The fourth-order valence-electron chi connectivity index (χ4n) is 3.79. The molecule has 1 amide bonds. The van der Waals surface area contributed by atoms with Gasteiger partial charge in [0.25, 0.3) is 11.7 Å². The van der Waals surface area contributed by atoms with Crippen LogP contribution in [0.4, 0.5) is 0 Å². The first kappa shape index (κ1) is 18.8. The number of carbonyl (C=O) groups is 2. The molecule has 0 bridgehead atoms. The molecule has 0 saturated carbocycles. The number of likely N-dealkylation sites (tertiary alicyclic amines) is 1. The maximum Gasteiger partial charge on any atom is 0.296 e. The van der Waals surface area contributed by atoms with Crippen LogP contribution in [0.5, 0.6) is 11.5 Å². The fourth-order valence-corrected chi connectivity index (χ4v) is 3.79. The average molecular weight is 415 g/mol. The number of Topliss-reactive ketones (excluding diaryl/α,β-unsaturated/α-hetero) is 1. The van der Waals surface area contributed by atoms with Gasteiger partial charge in [-0.15, -0.1) is 0 Å². The normalized spacial score (nSPS) is 19.1. The van der Waals surface area contributed by atoms with Crippen molar-refractivity contribution in [1.82, 2.24) is 14.9 Å². The van der Waals surface area contributed by atoms with Gasteiger partial charge in [-0.1, -0.05) is 12.1 Å². The van der Waals surface area contributed by atoms with Crippen LogP contribution in [0, 0.1) is 0 Å². The average Bonchev–Trinajstić information content (AvgIpc) is 3.38. The Morgan fingerprint density at radius 1 is 1.06 bits per heavy atom. The van der Waals surface area contributed by atoms with E-state index in [9.17, 15) is 14.7 Å². The van der Waals surface area contributed by atoms with Gasteiger partial charge in [-0.2, -0.15) is 0 Å². The number of rotatable bonds is 4. The maximum absolute atomic E-state index is 13.0. The summed E-state index contributed by atoms with van der Waals surface area (Å²) in [5, 5.41) is 11.1. The third-order valence-corrected chi connectivity index (χ3v) is 5.24. The number of pyridine rings is 2. The summed E-state index contributed by atoms with van der Waals surface area (Å²) in [6.45, 7) is 0.201. The van der Waals surface area contributed by atoms with Crippen LogP contribution >= 0.6 is 0 Å². The molecule has 1 saturated heterocycles. The molecule has 8 nitrogen and oxygen atoms in total. The lowest BCUT2D eigenvalue weighted by molar-refractivity contribution is -0.140. The van der Waals surface area contributed by atoms with Crippen molar-refractivity contribution in [3.8, 4) is 11.5 Å². The molecule has 2 aliphatic rings. The number of benzene rings is 1. The fraction of sp³-hybridized carbons (Fsp3) is 0.130. The van der Waals surface area contributed by atoms with Crippen LogP contribution in [0.3, 0.4) is 0 Å². The lowest BCUT2D eigenvalue weighted by Gasteiger charge is -2.24. The predicted octanol–water partition coefficient (Wildman–Crippen LogP) is 2.83. The highest BCUT2D eigenvalue weighted by atomic mass is 16.7. The molecule has 31 heavy (non-hydrogen) atoms. The minimum Gasteiger partial charge on any atom is -0.507 e. The monoisotopic (exact) mass is 415 g/mol. The molecule has 3 aromatic rings. The van der Waals surface area contributed by atoms with Crippen molar-refractivity contribution in [3.63, 3.8) is 0 Å². The molecular weight excluding hydrogens is 398 g/mol. The highest BCUT2D eigenvalue weighted by molar-refractivity contribution is 6.46. The lowest BCUT2D eigenvalue weighted by atomic mass is 9.96. The zero-order valence-corrected chi connectivity index (χ0v) is 16.3. The molecule has 0 radical (unpaired) electrons. The summed E-state index contributed by atoms with van der Waals surface area (Å²) in [5.41, 5.74) is 1.59. The zero-order chi connectivity index (χ0) is 21.4. The van der Waals surface area contributed by atoms with E-state index < -0.39 is 17.7 Å². The van der Waals surface area contributed by atoms with Gasteiger partial charge < -0.3 is 19.5 Å². The molecule has 0 spiro atoms. The molecule has 2 aliphatic heterocycles. The third kappa shape index (κ3) is 3.28. The number of fused-ring (bicyclic) bond motifs is 1. The minimum absolute atomic E-state index is 0.00667. The Bertz CT molecular complexity index is 1190. The summed E-state index contributed by atoms with van der Waals surface area (Å²) < 4.78 is 10.7. The first-order valence-corrected chi connectivity index (χ1v) is 9.62. The lowest BCUT2D eigenvalue weighted by Crippen LogP contribution is -2.29. The molecule has 1 N–H and O–H groups in total. The van der Waals surface area contributed by atoms with E-state index in [1.165, 1.54) is 4.90 Å². The van der Waals surface area contributed by atoms with E-state index in [2.05, 4.69) is 9.97 Å². The molecule has 4 heterocycles. The third-order valence-electron chi connectivity index (χ3n) is 5.24. The summed E-state index contributed by atoms with van der Waals surface area (Å²) in [7, 11) is 0. The topological polar surface area (TPSA) is 102 Å². The van der Waals surface area contributed by atoms with E-state index in [4.69, 9.17) is 9.47 Å². The van der Waals surface area contributed by atoms with Gasteiger partial charge >= 0.3 is 0 Å². The summed E-state index contributed by atoms with van der Waals surface area (Å²) in [6, 6.07) is 12.9. The van der Waals surface area contributed by atoms with Gasteiger partial charge in [0.05, 0.1) is 23.9 Å². The number of ketones is 1. The van der Waals surface area contributed by atoms with E-state index in [0.717, 1.165) is 0 Å². The molecule has 1 aromatic carbocycles. The first-order chi connectivity index (χ1) is 15.1. The van der Waals surface area contributed by atoms with Gasteiger partial charge in [-0.25, -0.2) is 0 Å². The van der Waals surface area contributed by atoms with Crippen LogP contribution in [0.25, 0.3) is 5.76 Å². The maximum atomic E-state index is 13.0. The van der Waals surface area contributed by atoms with Crippen molar-refractivity contribution in [2.75, 3.05) is 6.79 Å². The molecule has 1 unspecified atom stereocenters. The van der Waals surface area contributed by atoms with Crippen molar-refractivity contribution in [3.05, 3.63) is 89.5 Å². The van der Waals surface area contributed by atoms with Crippen molar-refractivity contribution in [1.29, 1.82) is 0 Å². The van der Waals surface area contributed by atoms with Crippen LogP contribution in [0.1, 0.15) is 22.9 Å². The van der Waals surface area contributed by atoms with Crippen LogP contribution in [0.2, 0.25) is 0 Å². The van der Waals surface area contributed by atoms with Gasteiger partial charge in [0.1, 0.15) is 5.76 Å². The standard InChI is InChI=1S/C23H17N3O5/c27-21(14-6-7-17-18(10-14)31-13-30-17)19-20(15-4-3-8-24-11-15)26(23(29)22(19)28)12-16-5-1-2-9-25-16/h1-11,20,27H,12-13H2/b21-19-. The van der Waals surface area contributed by atoms with Crippen molar-refractivity contribution < 1.29 is 24.2 Å². The van der Waals surface area contributed by atoms with Gasteiger partial charge in [0, 0.05) is 24.2 Å². The molecule has 0 aliphatic carbocycles. The summed E-state index contributed by atoms with van der Waals surface area (Å²) in [5.74, 6) is -0.739. The Balaban J connectivity index is 1.63. The molecule has 2 aromatic heterocycles. The molecule has 1 fully saturated rings. The van der Waals surface area contributed by atoms with Gasteiger partial charge in [-0.05, 0) is 42.0 Å². The van der Waals surface area contributed by atoms with Crippen molar-refractivity contribution >= 4 is 17.4 Å². The van der Waals surface area contributed by atoms with Gasteiger partial charge in [-0.3, -0.25) is 19.6 Å². The minimum atomic E-state index is -0.805. The summed E-state index contributed by atoms with van der Waals surface area (Å²) >= 11 is 0. The van der Waals surface area contributed by atoms with Crippen molar-refractivity contribution in [2.24, 2.45) is 0 Å². The zero-order valence-electron chi connectivity index (χ0n) is 16.3. The number of nitrogens with zero attached hydrogens (tertiary/aromatic N) is 3.